The number of carbonyl (C=O) groups is 1. The van der Waals surface area contributed by atoms with Crippen LogP contribution in [0.15, 0.2) is 52.3 Å². The van der Waals surface area contributed by atoms with Crippen molar-refractivity contribution in [3.05, 3.63) is 42.5 Å². The van der Waals surface area contributed by atoms with Gasteiger partial charge in [-0.15, -0.1) is 0 Å². The fourth-order valence-corrected chi connectivity index (χ4v) is 7.55. The zero-order valence-electron chi connectivity index (χ0n) is 22.5. The molecule has 12 nitrogen and oxygen atoms in total. The van der Waals surface area contributed by atoms with E-state index in [-0.39, 0.29) is 28.6 Å². The molecule has 1 heterocycles. The Morgan fingerprint density at radius 2 is 1.67 bits per heavy atom. The van der Waals surface area contributed by atoms with E-state index in [2.05, 4.69) is 14.8 Å². The lowest BCUT2D eigenvalue weighted by Crippen LogP contribution is -2.48. The second-order valence-corrected chi connectivity index (χ2v) is 16.2. The Morgan fingerprint density at radius 3 is 2.26 bits per heavy atom. The summed E-state index contributed by atoms with van der Waals surface area (Å²) in [7, 11) is -12.0. The molecule has 1 atom stereocenters. The molecule has 1 amide bonds. The van der Waals surface area contributed by atoms with Crippen molar-refractivity contribution < 1.29 is 52.7 Å². The van der Waals surface area contributed by atoms with Crippen LogP contribution in [0.1, 0.15) is 26.7 Å². The normalized spacial score (nSPS) is 18.1. The number of halogens is 3. The van der Waals surface area contributed by atoms with Gasteiger partial charge in [-0.25, -0.2) is 34.8 Å². The first-order valence-corrected chi connectivity index (χ1v) is 17.3. The van der Waals surface area contributed by atoms with Gasteiger partial charge >= 0.3 is 12.3 Å². The largest absolute Gasteiger partial charge is 0.485 e. The lowest BCUT2D eigenvalue weighted by molar-refractivity contribution is -0.242. The van der Waals surface area contributed by atoms with E-state index in [1.807, 2.05) is 0 Å². The maximum atomic E-state index is 13.8. The molecule has 2 aromatic carbocycles. The number of nitrogens with zero attached hydrogens (tertiary/aromatic N) is 1. The molecule has 2 aliphatic rings. The Balaban J connectivity index is 1.69. The molecule has 0 spiro atoms. The van der Waals surface area contributed by atoms with Gasteiger partial charge in [-0.1, -0.05) is 6.07 Å². The number of anilines is 2. The van der Waals surface area contributed by atoms with Crippen molar-refractivity contribution in [1.29, 1.82) is 0 Å². The SMILES string of the molecule is CC(C)(OC(=O)Nc1ccc2c(c1)N(S(=O)(=O)c1cccc(S(C)(=O)=O)c1)CC(CNS(=O)(=O)C1CC1)O2)C(F)(F)F. The first-order chi connectivity index (χ1) is 19.2. The minimum Gasteiger partial charge on any atom is -0.485 e. The van der Waals surface area contributed by atoms with Crippen molar-refractivity contribution in [3.63, 3.8) is 0 Å². The Kier molecular flexibility index (Phi) is 8.24. The summed E-state index contributed by atoms with van der Waals surface area (Å²) in [6.07, 6.45) is -5.44. The number of benzene rings is 2. The zero-order chi connectivity index (χ0) is 31.3. The minimum atomic E-state index is -4.87. The third-order valence-corrected chi connectivity index (χ3v) is 11.3. The molecule has 0 bridgehead atoms. The first kappa shape index (κ1) is 31.8. The fourth-order valence-electron chi connectivity index (χ4n) is 3.85. The maximum Gasteiger partial charge on any atom is 0.427 e. The molecule has 18 heteroatoms. The standard InChI is InChI=1S/C24H28F3N3O9S3/c1-23(2,24(25,26)27)39-22(31)29-15-7-10-21-20(11-15)30(14-16(38-21)13-28-41(34,35)17-8-9-17)42(36,37)19-6-4-5-18(12-19)40(3,32)33/h4-7,10-12,16-17,28H,8-9,13-14H2,1-3H3,(H,29,31). The number of amides is 1. The molecule has 0 aromatic heterocycles. The quantitative estimate of drug-likeness (QED) is 0.413. The van der Waals surface area contributed by atoms with Crippen molar-refractivity contribution >= 4 is 47.4 Å². The van der Waals surface area contributed by atoms with Gasteiger partial charge in [-0.3, -0.25) is 9.62 Å². The predicted molar refractivity (Wildman–Crippen MR) is 145 cm³/mol. The summed E-state index contributed by atoms with van der Waals surface area (Å²) in [6.45, 7) is 0.598. The van der Waals surface area contributed by atoms with Crippen molar-refractivity contribution in [2.24, 2.45) is 0 Å². The van der Waals surface area contributed by atoms with Crippen molar-refractivity contribution in [3.8, 4) is 5.75 Å². The number of sulfonamides is 2. The molecule has 1 fully saturated rings. The van der Waals surface area contributed by atoms with Crippen LogP contribution < -0.4 is 19.1 Å². The highest BCUT2D eigenvalue weighted by Crippen LogP contribution is 2.40. The molecular weight excluding hydrogens is 627 g/mol. The molecule has 1 aliphatic heterocycles. The van der Waals surface area contributed by atoms with Crippen molar-refractivity contribution in [1.82, 2.24) is 4.72 Å². The zero-order valence-corrected chi connectivity index (χ0v) is 25.0. The Morgan fingerprint density at radius 1 is 1.02 bits per heavy atom. The topological polar surface area (TPSA) is 165 Å². The van der Waals surface area contributed by atoms with E-state index in [0.717, 1.165) is 22.7 Å². The second kappa shape index (κ2) is 10.9. The van der Waals surface area contributed by atoms with Crippen LogP contribution in [-0.2, 0) is 34.6 Å². The average Bonchev–Trinajstić information content (AvgIpc) is 3.72. The monoisotopic (exact) mass is 655 g/mol. The number of sulfone groups is 1. The highest BCUT2D eigenvalue weighted by Gasteiger charge is 2.51. The molecule has 42 heavy (non-hydrogen) atoms. The Labute approximate surface area is 241 Å². The van der Waals surface area contributed by atoms with Gasteiger partial charge in [0.25, 0.3) is 10.0 Å². The van der Waals surface area contributed by atoms with Gasteiger partial charge in [-0.2, -0.15) is 13.2 Å². The number of fused-ring (bicyclic) bond motifs is 1. The first-order valence-electron chi connectivity index (χ1n) is 12.4. The van der Waals surface area contributed by atoms with Crippen LogP contribution in [0.2, 0.25) is 0 Å². The molecule has 1 unspecified atom stereocenters. The van der Waals surface area contributed by atoms with Gasteiger partial charge in [0.2, 0.25) is 15.6 Å². The van der Waals surface area contributed by atoms with Gasteiger partial charge in [0.05, 0.1) is 27.3 Å². The highest BCUT2D eigenvalue weighted by molar-refractivity contribution is 7.93. The van der Waals surface area contributed by atoms with E-state index >= 15 is 0 Å². The van der Waals surface area contributed by atoms with Crippen LogP contribution in [0.5, 0.6) is 5.75 Å². The van der Waals surface area contributed by atoms with Crippen LogP contribution in [0, 0.1) is 0 Å². The van der Waals surface area contributed by atoms with E-state index in [0.29, 0.717) is 26.7 Å². The van der Waals surface area contributed by atoms with Gasteiger partial charge in [0.1, 0.15) is 11.9 Å². The third kappa shape index (κ3) is 6.92. The van der Waals surface area contributed by atoms with E-state index in [1.54, 1.807) is 0 Å². The summed E-state index contributed by atoms with van der Waals surface area (Å²) in [5, 5.41) is 1.59. The molecule has 4 rings (SSSR count). The summed E-state index contributed by atoms with van der Waals surface area (Å²) in [5.41, 5.74) is -3.11. The second-order valence-electron chi connectivity index (χ2n) is 10.3. The van der Waals surface area contributed by atoms with E-state index in [1.165, 1.54) is 30.3 Å². The van der Waals surface area contributed by atoms with Crippen LogP contribution in [0.25, 0.3) is 0 Å². The van der Waals surface area contributed by atoms with E-state index in [9.17, 15) is 43.2 Å². The molecular formula is C24H28F3N3O9S3. The van der Waals surface area contributed by atoms with Crippen LogP contribution in [-0.4, -0.2) is 73.8 Å². The number of hydrogen-bond acceptors (Lipinski definition) is 9. The number of rotatable bonds is 9. The van der Waals surface area contributed by atoms with Gasteiger partial charge in [0, 0.05) is 18.5 Å². The maximum absolute atomic E-state index is 13.8. The summed E-state index contributed by atoms with van der Waals surface area (Å²) < 4.78 is 130. The number of alkyl halides is 3. The number of hydrogen-bond donors (Lipinski definition) is 2. The molecule has 2 aromatic rings. The summed E-state index contributed by atoms with van der Waals surface area (Å²) in [4.78, 5) is 11.6. The van der Waals surface area contributed by atoms with Gasteiger partial charge in [-0.05, 0) is 63.1 Å². The van der Waals surface area contributed by atoms with Crippen molar-refractivity contribution in [2.75, 3.05) is 29.0 Å². The van der Waals surface area contributed by atoms with Crippen LogP contribution in [0.3, 0.4) is 0 Å². The lowest BCUT2D eigenvalue weighted by atomic mass is 10.1. The molecule has 1 saturated carbocycles. The summed E-state index contributed by atoms with van der Waals surface area (Å²) in [6, 6.07) is 8.18. The average molecular weight is 656 g/mol. The smallest absolute Gasteiger partial charge is 0.427 e. The highest BCUT2D eigenvalue weighted by atomic mass is 32.2. The predicted octanol–water partition coefficient (Wildman–Crippen LogP) is 3.02. The van der Waals surface area contributed by atoms with Crippen LogP contribution in [0.4, 0.5) is 29.3 Å². The third-order valence-electron chi connectivity index (χ3n) is 6.46. The summed E-state index contributed by atoms with van der Waals surface area (Å²) in [5.74, 6) is -0.0470. The van der Waals surface area contributed by atoms with Crippen LogP contribution >= 0.6 is 0 Å². The number of ether oxygens (including phenoxy) is 2. The summed E-state index contributed by atoms with van der Waals surface area (Å²) >= 11 is 0. The molecule has 0 saturated heterocycles. The Hall–Kier alpha value is -3.09. The van der Waals surface area contributed by atoms with Gasteiger partial charge in [0.15, 0.2) is 9.84 Å². The lowest BCUT2D eigenvalue weighted by Gasteiger charge is -2.36. The number of carbonyl (C=O) groups excluding carboxylic acids is 1. The minimum absolute atomic E-state index is 0.0470. The van der Waals surface area contributed by atoms with E-state index < -0.39 is 70.5 Å². The fraction of sp³-hybridized carbons (Fsp3) is 0.458. The van der Waals surface area contributed by atoms with Gasteiger partial charge < -0.3 is 9.47 Å². The Bertz CT molecular complexity index is 1710. The van der Waals surface area contributed by atoms with E-state index in [4.69, 9.17) is 4.74 Å². The molecule has 0 radical (unpaired) electrons. The molecule has 1 aliphatic carbocycles. The molecule has 232 valence electrons. The molecule has 2 N–H and O–H groups in total. The number of nitrogens with one attached hydrogen (secondary N) is 2. The van der Waals surface area contributed by atoms with Crippen molar-refractivity contribution in [2.45, 2.75) is 59.6 Å².